The first-order chi connectivity index (χ1) is 5.18. The molecule has 58 valence electrons. The Morgan fingerprint density at radius 3 is 2.82 bits per heavy atom. The third kappa shape index (κ3) is 0.705. The number of rotatable bonds is 0. The zero-order chi connectivity index (χ0) is 8.01. The second kappa shape index (κ2) is 1.75. The van der Waals surface area contributed by atoms with Crippen molar-refractivity contribution in [3.05, 3.63) is 0 Å². The lowest BCUT2D eigenvalue weighted by Crippen LogP contribution is -2.01. The summed E-state index contributed by atoms with van der Waals surface area (Å²) in [5.41, 5.74) is 12.6. The number of nitrogens with two attached hydrogens (primary N) is 2. The minimum atomic E-state index is 0.372. The molecule has 5 nitrogen and oxygen atoms in total. The number of fused-ring (bicyclic) bond motifs is 1. The zero-order valence-corrected chi connectivity index (χ0v) is 6.20. The lowest BCUT2D eigenvalue weighted by atomic mass is 10.4. The highest BCUT2D eigenvalue weighted by atomic mass is 15.4. The van der Waals surface area contributed by atoms with Gasteiger partial charge in [-0.15, -0.1) is 0 Å². The van der Waals surface area contributed by atoms with E-state index >= 15 is 0 Å². The Morgan fingerprint density at radius 2 is 2.18 bits per heavy atom. The highest BCUT2D eigenvalue weighted by Crippen LogP contribution is 2.30. The number of aromatic nitrogens is 2. The molecule has 0 aromatic carbocycles. The van der Waals surface area contributed by atoms with Crippen LogP contribution in [0.5, 0.6) is 0 Å². The molecule has 0 unspecified atom stereocenters. The van der Waals surface area contributed by atoms with Gasteiger partial charge in [0, 0.05) is 5.71 Å². The molecule has 0 bridgehead atoms. The van der Waals surface area contributed by atoms with E-state index in [4.69, 9.17) is 11.5 Å². The van der Waals surface area contributed by atoms with Gasteiger partial charge in [0.05, 0.1) is 6.54 Å². The van der Waals surface area contributed by atoms with Crippen molar-refractivity contribution in [3.63, 3.8) is 0 Å². The molecule has 1 aromatic heterocycles. The third-order valence-corrected chi connectivity index (χ3v) is 1.67. The van der Waals surface area contributed by atoms with E-state index in [0.29, 0.717) is 23.9 Å². The Morgan fingerprint density at radius 1 is 1.45 bits per heavy atom. The summed E-state index contributed by atoms with van der Waals surface area (Å²) in [6.45, 7) is 2.64. The molecule has 0 radical (unpaired) electrons. The van der Waals surface area contributed by atoms with Gasteiger partial charge >= 0.3 is 0 Å². The monoisotopic (exact) mass is 151 g/mol. The summed E-state index contributed by atoms with van der Waals surface area (Å²) in [6, 6.07) is 0. The molecule has 0 atom stereocenters. The third-order valence-electron chi connectivity index (χ3n) is 1.67. The molecule has 0 spiro atoms. The average molecular weight is 151 g/mol. The Bertz CT molecular complexity index is 335. The normalized spacial score (nSPS) is 14.8. The summed E-state index contributed by atoms with van der Waals surface area (Å²) in [5, 5.41) is 4.00. The molecule has 0 amide bonds. The molecule has 1 aromatic rings. The molecule has 2 heterocycles. The number of hydrogen-bond donors (Lipinski definition) is 2. The summed E-state index contributed by atoms with van der Waals surface area (Å²) in [5.74, 6) is 1.07. The van der Waals surface area contributed by atoms with Gasteiger partial charge in [0.1, 0.15) is 5.69 Å². The maximum Gasteiger partial charge on any atom is 0.176 e. The second-order valence-electron chi connectivity index (χ2n) is 2.63. The van der Waals surface area contributed by atoms with Crippen LogP contribution in [0.2, 0.25) is 0 Å². The number of nitrogens with zero attached hydrogens (tertiary/aromatic N) is 3. The Balaban J connectivity index is 2.61. The number of hydrogen-bond acceptors (Lipinski definition) is 4. The van der Waals surface area contributed by atoms with Crippen molar-refractivity contribution in [3.8, 4) is 0 Å². The molecule has 4 N–H and O–H groups in total. The summed E-state index contributed by atoms with van der Waals surface area (Å²) in [7, 11) is 0. The molecule has 2 rings (SSSR count). The maximum atomic E-state index is 5.60. The van der Waals surface area contributed by atoms with Crippen LogP contribution in [0.25, 0.3) is 0 Å². The molecule has 5 heteroatoms. The minimum Gasteiger partial charge on any atom is -0.393 e. The van der Waals surface area contributed by atoms with Crippen molar-refractivity contribution < 1.29 is 0 Å². The second-order valence-corrected chi connectivity index (χ2v) is 2.63. The molecule has 0 saturated carbocycles. The van der Waals surface area contributed by atoms with Crippen molar-refractivity contribution >= 4 is 23.0 Å². The SMILES string of the molecule is CC1=Nc2c(N)c(N)nn2C1. The number of aliphatic imine (C=N–C) groups is 1. The molecule has 0 fully saturated rings. The maximum absolute atomic E-state index is 5.60. The van der Waals surface area contributed by atoms with Gasteiger partial charge in [-0.25, -0.2) is 9.67 Å². The quantitative estimate of drug-likeness (QED) is 0.553. The lowest BCUT2D eigenvalue weighted by molar-refractivity contribution is 0.755. The van der Waals surface area contributed by atoms with E-state index in [-0.39, 0.29) is 0 Å². The van der Waals surface area contributed by atoms with Gasteiger partial charge < -0.3 is 11.5 Å². The van der Waals surface area contributed by atoms with E-state index in [0.717, 1.165) is 5.71 Å². The first kappa shape index (κ1) is 6.21. The van der Waals surface area contributed by atoms with Gasteiger partial charge in [0.25, 0.3) is 0 Å². The Labute approximate surface area is 63.7 Å². The van der Waals surface area contributed by atoms with Gasteiger partial charge in [-0.3, -0.25) is 0 Å². The van der Waals surface area contributed by atoms with E-state index in [1.807, 2.05) is 6.92 Å². The van der Waals surface area contributed by atoms with Crippen molar-refractivity contribution in [2.24, 2.45) is 4.99 Å². The summed E-state index contributed by atoms with van der Waals surface area (Å²) >= 11 is 0. The molecule has 1 aliphatic heterocycles. The predicted octanol–water partition coefficient (Wildman–Crippen LogP) is 0.153. The summed E-state index contributed by atoms with van der Waals surface area (Å²) < 4.78 is 1.71. The molecule has 0 aliphatic carbocycles. The fourth-order valence-electron chi connectivity index (χ4n) is 1.15. The van der Waals surface area contributed by atoms with Gasteiger partial charge in [-0.05, 0) is 6.92 Å². The Hall–Kier alpha value is -1.52. The van der Waals surface area contributed by atoms with Crippen molar-refractivity contribution in [1.82, 2.24) is 9.78 Å². The van der Waals surface area contributed by atoms with E-state index in [1.165, 1.54) is 0 Å². The molecular formula is C6H9N5. The molecular weight excluding hydrogens is 142 g/mol. The fourth-order valence-corrected chi connectivity index (χ4v) is 1.15. The van der Waals surface area contributed by atoms with Gasteiger partial charge in [0.2, 0.25) is 0 Å². The van der Waals surface area contributed by atoms with Crippen molar-refractivity contribution in [1.29, 1.82) is 0 Å². The molecule has 1 aliphatic rings. The smallest absolute Gasteiger partial charge is 0.176 e. The van der Waals surface area contributed by atoms with Crippen LogP contribution >= 0.6 is 0 Å². The van der Waals surface area contributed by atoms with Crippen LogP contribution in [0, 0.1) is 0 Å². The van der Waals surface area contributed by atoms with Gasteiger partial charge in [-0.2, -0.15) is 5.10 Å². The predicted molar refractivity (Wildman–Crippen MR) is 43.8 cm³/mol. The van der Waals surface area contributed by atoms with E-state index in [1.54, 1.807) is 4.68 Å². The molecule has 0 saturated heterocycles. The lowest BCUT2D eigenvalue weighted by Gasteiger charge is -1.89. The van der Waals surface area contributed by atoms with E-state index < -0.39 is 0 Å². The van der Waals surface area contributed by atoms with Gasteiger partial charge in [0.15, 0.2) is 11.6 Å². The van der Waals surface area contributed by atoms with Crippen LogP contribution in [-0.4, -0.2) is 15.5 Å². The van der Waals surface area contributed by atoms with Crippen LogP contribution < -0.4 is 11.5 Å². The minimum absolute atomic E-state index is 0.372. The zero-order valence-electron chi connectivity index (χ0n) is 6.20. The Kier molecular flexibility index (Phi) is 0.986. The fraction of sp³-hybridized carbons (Fsp3) is 0.333. The van der Waals surface area contributed by atoms with Crippen LogP contribution in [0.15, 0.2) is 4.99 Å². The molecule has 11 heavy (non-hydrogen) atoms. The standard InChI is InChI=1S/C6H9N5/c1-3-2-11-6(9-3)4(7)5(8)10-11/h2,7H2,1H3,(H2,8,10). The van der Waals surface area contributed by atoms with Crippen molar-refractivity contribution in [2.45, 2.75) is 13.5 Å². The summed E-state index contributed by atoms with van der Waals surface area (Å²) in [6.07, 6.45) is 0. The largest absolute Gasteiger partial charge is 0.393 e. The highest BCUT2D eigenvalue weighted by Gasteiger charge is 2.17. The van der Waals surface area contributed by atoms with E-state index in [9.17, 15) is 0 Å². The van der Waals surface area contributed by atoms with Crippen LogP contribution in [-0.2, 0) is 6.54 Å². The highest BCUT2D eigenvalue weighted by molar-refractivity contribution is 5.90. The number of nitrogen functional groups attached to an aromatic ring is 2. The first-order valence-electron chi connectivity index (χ1n) is 3.34. The van der Waals surface area contributed by atoms with Gasteiger partial charge in [-0.1, -0.05) is 0 Å². The topological polar surface area (TPSA) is 82.2 Å². The van der Waals surface area contributed by atoms with Crippen LogP contribution in [0.3, 0.4) is 0 Å². The van der Waals surface area contributed by atoms with Crippen LogP contribution in [0.1, 0.15) is 6.92 Å². The van der Waals surface area contributed by atoms with Crippen LogP contribution in [0.4, 0.5) is 17.3 Å². The van der Waals surface area contributed by atoms with E-state index in [2.05, 4.69) is 10.1 Å². The summed E-state index contributed by atoms with van der Waals surface area (Å²) in [4.78, 5) is 4.18. The average Bonchev–Trinajstić information content (AvgIpc) is 2.37. The number of anilines is 2. The first-order valence-corrected chi connectivity index (χ1v) is 3.34. The van der Waals surface area contributed by atoms with Crippen molar-refractivity contribution in [2.75, 3.05) is 11.5 Å².